The van der Waals surface area contributed by atoms with Crippen LogP contribution in [0.2, 0.25) is 12.6 Å². The number of aliphatic hydroxyl groups excluding tert-OH is 1. The number of ether oxygens (including phenoxy) is 1. The fraction of sp³-hybridized carbons (Fsp3) is 1.00. The zero-order valence-electron chi connectivity index (χ0n) is 11.0. The minimum atomic E-state index is -1.96. The summed E-state index contributed by atoms with van der Waals surface area (Å²) in [5.74, 6) is 0. The van der Waals surface area contributed by atoms with E-state index >= 15 is 0 Å². The molecule has 0 spiro atoms. The number of hydrogen-bond donors (Lipinski definition) is 1. The average Bonchev–Trinajstić information content (AvgIpc) is 2.25. The van der Waals surface area contributed by atoms with Crippen molar-refractivity contribution in [2.75, 3.05) is 26.9 Å². The molecule has 0 aliphatic rings. The second kappa shape index (κ2) is 9.12. The SMILES string of the molecule is CCCO[Si](C)(CCCOCC(C)O)OC. The zero-order chi connectivity index (χ0) is 12.4. The van der Waals surface area contributed by atoms with E-state index in [1.807, 2.05) is 0 Å². The van der Waals surface area contributed by atoms with Crippen molar-refractivity contribution in [2.45, 2.75) is 45.4 Å². The van der Waals surface area contributed by atoms with Gasteiger partial charge in [0.15, 0.2) is 0 Å². The Morgan fingerprint density at radius 3 is 2.50 bits per heavy atom. The summed E-state index contributed by atoms with van der Waals surface area (Å²) in [4.78, 5) is 0. The third-order valence-electron chi connectivity index (χ3n) is 2.32. The molecule has 0 aromatic rings. The molecule has 2 unspecified atom stereocenters. The highest BCUT2D eigenvalue weighted by Crippen LogP contribution is 2.15. The van der Waals surface area contributed by atoms with E-state index < -0.39 is 8.56 Å². The lowest BCUT2D eigenvalue weighted by atomic mass is 10.4. The average molecular weight is 250 g/mol. The van der Waals surface area contributed by atoms with Crippen LogP contribution in [0.1, 0.15) is 26.7 Å². The summed E-state index contributed by atoms with van der Waals surface area (Å²) in [6, 6.07) is 0.934. The Morgan fingerprint density at radius 2 is 2.00 bits per heavy atom. The third-order valence-corrected chi connectivity index (χ3v) is 5.26. The molecular weight excluding hydrogens is 224 g/mol. The fourth-order valence-corrected chi connectivity index (χ4v) is 3.19. The normalized spacial score (nSPS) is 17.1. The van der Waals surface area contributed by atoms with E-state index in [-0.39, 0.29) is 6.10 Å². The van der Waals surface area contributed by atoms with Crippen LogP contribution in [0, 0.1) is 0 Å². The van der Waals surface area contributed by atoms with Crippen LogP contribution in [0.25, 0.3) is 0 Å². The van der Waals surface area contributed by atoms with Gasteiger partial charge in [-0.25, -0.2) is 0 Å². The molecule has 0 radical (unpaired) electrons. The summed E-state index contributed by atoms with van der Waals surface area (Å²) in [5.41, 5.74) is 0. The molecule has 0 fully saturated rings. The van der Waals surface area contributed by atoms with E-state index in [1.54, 1.807) is 14.0 Å². The van der Waals surface area contributed by atoms with E-state index in [0.29, 0.717) is 13.2 Å². The van der Waals surface area contributed by atoms with Crippen LogP contribution >= 0.6 is 0 Å². The molecule has 16 heavy (non-hydrogen) atoms. The van der Waals surface area contributed by atoms with Gasteiger partial charge >= 0.3 is 8.56 Å². The van der Waals surface area contributed by atoms with Crippen LogP contribution in [0.15, 0.2) is 0 Å². The van der Waals surface area contributed by atoms with E-state index in [2.05, 4.69) is 13.5 Å². The molecule has 0 amide bonds. The minimum absolute atomic E-state index is 0.387. The van der Waals surface area contributed by atoms with Crippen LogP contribution in [-0.4, -0.2) is 46.7 Å². The lowest BCUT2D eigenvalue weighted by Crippen LogP contribution is -2.37. The number of rotatable bonds is 10. The highest BCUT2D eigenvalue weighted by Gasteiger charge is 2.29. The highest BCUT2D eigenvalue weighted by molar-refractivity contribution is 6.65. The van der Waals surface area contributed by atoms with Gasteiger partial charge in [0, 0.05) is 20.3 Å². The van der Waals surface area contributed by atoms with Gasteiger partial charge in [-0.2, -0.15) is 0 Å². The van der Waals surface area contributed by atoms with Crippen LogP contribution in [0.3, 0.4) is 0 Å². The van der Waals surface area contributed by atoms with Crippen molar-refractivity contribution < 1.29 is 18.7 Å². The quantitative estimate of drug-likeness (QED) is 0.475. The van der Waals surface area contributed by atoms with Gasteiger partial charge in [-0.05, 0) is 32.4 Å². The first-order valence-corrected chi connectivity index (χ1v) is 8.51. The molecule has 1 N–H and O–H groups in total. The summed E-state index contributed by atoms with van der Waals surface area (Å²) < 4.78 is 16.5. The molecule has 5 heteroatoms. The molecule has 98 valence electrons. The Morgan fingerprint density at radius 1 is 1.31 bits per heavy atom. The van der Waals surface area contributed by atoms with Crippen molar-refractivity contribution in [2.24, 2.45) is 0 Å². The van der Waals surface area contributed by atoms with Gasteiger partial charge < -0.3 is 18.7 Å². The van der Waals surface area contributed by atoms with Gasteiger partial charge in [0.1, 0.15) is 0 Å². The lowest BCUT2D eigenvalue weighted by Gasteiger charge is -2.24. The van der Waals surface area contributed by atoms with Crippen molar-refractivity contribution in [3.8, 4) is 0 Å². The first kappa shape index (κ1) is 16.1. The number of hydrogen-bond acceptors (Lipinski definition) is 4. The Hall–Kier alpha value is 0.0569. The molecule has 0 aliphatic carbocycles. The first-order chi connectivity index (χ1) is 7.54. The van der Waals surface area contributed by atoms with Crippen LogP contribution < -0.4 is 0 Å². The maximum Gasteiger partial charge on any atom is 0.334 e. The van der Waals surface area contributed by atoms with Crippen molar-refractivity contribution in [1.82, 2.24) is 0 Å². The van der Waals surface area contributed by atoms with Gasteiger partial charge in [0.25, 0.3) is 0 Å². The van der Waals surface area contributed by atoms with Gasteiger partial charge in [-0.1, -0.05) is 6.92 Å². The predicted octanol–water partition coefficient (Wildman–Crippen LogP) is 1.92. The topological polar surface area (TPSA) is 47.9 Å². The predicted molar refractivity (Wildman–Crippen MR) is 66.8 cm³/mol. The van der Waals surface area contributed by atoms with Crippen molar-refractivity contribution >= 4 is 8.56 Å². The molecule has 0 rings (SSSR count). The lowest BCUT2D eigenvalue weighted by molar-refractivity contribution is 0.0457. The van der Waals surface area contributed by atoms with E-state index in [0.717, 1.165) is 25.5 Å². The molecule has 0 aromatic heterocycles. The van der Waals surface area contributed by atoms with E-state index in [1.165, 1.54) is 0 Å². The highest BCUT2D eigenvalue weighted by atomic mass is 28.4. The smallest absolute Gasteiger partial charge is 0.334 e. The largest absolute Gasteiger partial charge is 0.398 e. The van der Waals surface area contributed by atoms with Gasteiger partial charge in [0.05, 0.1) is 12.7 Å². The number of aliphatic hydroxyl groups is 1. The van der Waals surface area contributed by atoms with Crippen LogP contribution in [-0.2, 0) is 13.6 Å². The molecule has 0 saturated heterocycles. The summed E-state index contributed by atoms with van der Waals surface area (Å²) in [7, 11) is -0.243. The molecule has 0 bridgehead atoms. The van der Waals surface area contributed by atoms with E-state index in [4.69, 9.17) is 18.7 Å². The molecule has 0 aliphatic heterocycles. The van der Waals surface area contributed by atoms with Crippen molar-refractivity contribution in [1.29, 1.82) is 0 Å². The maximum absolute atomic E-state index is 9.01. The Balaban J connectivity index is 3.61. The Kier molecular flexibility index (Phi) is 9.16. The third kappa shape index (κ3) is 8.24. The molecule has 4 nitrogen and oxygen atoms in total. The molecule has 2 atom stereocenters. The first-order valence-electron chi connectivity index (χ1n) is 5.99. The fourth-order valence-electron chi connectivity index (χ4n) is 1.30. The van der Waals surface area contributed by atoms with Gasteiger partial charge in [0.2, 0.25) is 0 Å². The monoisotopic (exact) mass is 250 g/mol. The summed E-state index contributed by atoms with van der Waals surface area (Å²) in [6.07, 6.45) is 1.56. The molecule has 0 heterocycles. The van der Waals surface area contributed by atoms with Crippen LogP contribution in [0.5, 0.6) is 0 Å². The second-order valence-corrected chi connectivity index (χ2v) is 7.68. The Labute approximate surface area is 100 Å². The van der Waals surface area contributed by atoms with Crippen LogP contribution in [0.4, 0.5) is 0 Å². The second-order valence-electron chi connectivity index (χ2n) is 4.21. The van der Waals surface area contributed by atoms with Crippen molar-refractivity contribution in [3.05, 3.63) is 0 Å². The minimum Gasteiger partial charge on any atom is -0.398 e. The Bertz CT molecular complexity index is 166. The van der Waals surface area contributed by atoms with Gasteiger partial charge in [-0.3, -0.25) is 0 Å². The van der Waals surface area contributed by atoms with Crippen molar-refractivity contribution in [3.63, 3.8) is 0 Å². The summed E-state index contributed by atoms with van der Waals surface area (Å²) in [5, 5.41) is 9.01. The van der Waals surface area contributed by atoms with Gasteiger partial charge in [-0.15, -0.1) is 0 Å². The molecule has 0 saturated carbocycles. The summed E-state index contributed by atoms with van der Waals surface area (Å²) in [6.45, 7) is 7.73. The zero-order valence-corrected chi connectivity index (χ0v) is 12.0. The maximum atomic E-state index is 9.01. The standard InChI is InChI=1S/C11H26O4Si/c1-5-7-15-16(4,13-3)9-6-8-14-10-11(2)12/h11-12H,5-10H2,1-4H3. The molecular formula is C11H26O4Si. The molecule has 0 aromatic carbocycles. The summed E-state index contributed by atoms with van der Waals surface area (Å²) >= 11 is 0. The van der Waals surface area contributed by atoms with E-state index in [9.17, 15) is 0 Å².